The Morgan fingerprint density at radius 3 is 1.43 bits per heavy atom. The van der Waals surface area contributed by atoms with Gasteiger partial charge < -0.3 is 4.74 Å². The van der Waals surface area contributed by atoms with Crippen molar-refractivity contribution in [3.8, 4) is 0 Å². The molecular weight excluding hydrogens is 368 g/mol. The first kappa shape index (κ1) is 29.2. The van der Waals surface area contributed by atoms with Gasteiger partial charge in [0.1, 0.15) is 0 Å². The zero-order valence-electron chi connectivity index (χ0n) is 20.7. The molecule has 0 aromatic carbocycles. The molecule has 0 aliphatic heterocycles. The lowest BCUT2D eigenvalue weighted by molar-refractivity contribution is -0.143. The predicted molar refractivity (Wildman–Crippen MR) is 133 cm³/mol. The summed E-state index contributed by atoms with van der Waals surface area (Å²) in [5.41, 5.74) is 0. The van der Waals surface area contributed by atoms with Gasteiger partial charge in [0, 0.05) is 6.42 Å². The number of esters is 1. The maximum absolute atomic E-state index is 11.7. The number of unbranched alkanes of at least 4 members (excludes halogenated alkanes) is 18. The lowest BCUT2D eigenvalue weighted by atomic mass is 10.1. The minimum atomic E-state index is 0.0105. The topological polar surface area (TPSA) is 26.3 Å². The minimum absolute atomic E-state index is 0.0105. The van der Waals surface area contributed by atoms with E-state index in [0.717, 1.165) is 12.8 Å². The number of carbonyl (C=O) groups is 1. The zero-order valence-corrected chi connectivity index (χ0v) is 20.7. The van der Waals surface area contributed by atoms with Crippen LogP contribution in [0.1, 0.15) is 155 Å². The van der Waals surface area contributed by atoms with Crippen molar-refractivity contribution in [3.05, 3.63) is 12.2 Å². The van der Waals surface area contributed by atoms with Gasteiger partial charge in [-0.05, 0) is 38.5 Å². The van der Waals surface area contributed by atoms with Crippen molar-refractivity contribution in [1.29, 1.82) is 0 Å². The van der Waals surface area contributed by atoms with E-state index in [2.05, 4.69) is 26.0 Å². The highest BCUT2D eigenvalue weighted by molar-refractivity contribution is 5.69. The first-order valence-corrected chi connectivity index (χ1v) is 13.6. The van der Waals surface area contributed by atoms with Gasteiger partial charge in [0.2, 0.25) is 0 Å². The van der Waals surface area contributed by atoms with Crippen LogP contribution in [0.25, 0.3) is 0 Å². The van der Waals surface area contributed by atoms with E-state index in [4.69, 9.17) is 4.74 Å². The molecule has 0 amide bonds. The molecule has 0 aliphatic carbocycles. The van der Waals surface area contributed by atoms with E-state index in [1.807, 2.05) is 0 Å². The Balaban J connectivity index is 3.18. The van der Waals surface area contributed by atoms with E-state index in [0.29, 0.717) is 13.0 Å². The Hall–Kier alpha value is -0.790. The third-order valence-electron chi connectivity index (χ3n) is 5.90. The van der Waals surface area contributed by atoms with Crippen molar-refractivity contribution in [3.63, 3.8) is 0 Å². The average molecular weight is 423 g/mol. The number of hydrogen-bond acceptors (Lipinski definition) is 2. The normalized spacial score (nSPS) is 11.4. The van der Waals surface area contributed by atoms with E-state index < -0.39 is 0 Å². The fourth-order valence-electron chi connectivity index (χ4n) is 3.83. The van der Waals surface area contributed by atoms with Crippen LogP contribution in [0.2, 0.25) is 0 Å². The zero-order chi connectivity index (χ0) is 22.0. The van der Waals surface area contributed by atoms with Gasteiger partial charge in [0.05, 0.1) is 6.61 Å². The van der Waals surface area contributed by atoms with E-state index in [1.165, 1.54) is 122 Å². The Kier molecular flexibility index (Phi) is 25.6. The van der Waals surface area contributed by atoms with E-state index in [-0.39, 0.29) is 5.97 Å². The molecule has 0 radical (unpaired) electrons. The molecule has 0 rings (SSSR count). The van der Waals surface area contributed by atoms with Crippen LogP contribution < -0.4 is 0 Å². The summed E-state index contributed by atoms with van der Waals surface area (Å²) in [5, 5.41) is 0. The predicted octanol–water partition coefficient (Wildman–Crippen LogP) is 9.71. The quantitative estimate of drug-likeness (QED) is 0.0878. The molecule has 0 bridgehead atoms. The number of hydrogen-bond donors (Lipinski definition) is 0. The molecule has 0 saturated heterocycles. The smallest absolute Gasteiger partial charge is 0.305 e. The molecule has 0 heterocycles. The molecule has 0 N–H and O–H groups in total. The third kappa shape index (κ3) is 25.2. The van der Waals surface area contributed by atoms with Crippen molar-refractivity contribution < 1.29 is 9.53 Å². The second-order valence-electron chi connectivity index (χ2n) is 9.03. The fraction of sp³-hybridized carbons (Fsp3) is 0.893. The van der Waals surface area contributed by atoms with Gasteiger partial charge in [0.25, 0.3) is 0 Å². The summed E-state index contributed by atoms with van der Waals surface area (Å²) in [7, 11) is 0. The van der Waals surface area contributed by atoms with Crippen LogP contribution in [0.3, 0.4) is 0 Å². The summed E-state index contributed by atoms with van der Waals surface area (Å²) in [6.07, 6.45) is 32.4. The molecule has 30 heavy (non-hydrogen) atoms. The van der Waals surface area contributed by atoms with Crippen LogP contribution in [-0.4, -0.2) is 12.6 Å². The summed E-state index contributed by atoms with van der Waals surface area (Å²) in [6, 6.07) is 0. The Morgan fingerprint density at radius 1 is 0.533 bits per heavy atom. The maximum Gasteiger partial charge on any atom is 0.305 e. The molecule has 0 aromatic heterocycles. The number of rotatable bonds is 24. The highest BCUT2D eigenvalue weighted by Crippen LogP contribution is 2.11. The largest absolute Gasteiger partial charge is 0.466 e. The lowest BCUT2D eigenvalue weighted by Crippen LogP contribution is -2.05. The first-order valence-electron chi connectivity index (χ1n) is 13.6. The highest BCUT2D eigenvalue weighted by atomic mass is 16.5. The number of carbonyl (C=O) groups excluding carboxylic acids is 1. The molecule has 0 aromatic rings. The molecule has 0 unspecified atom stereocenters. The number of allylic oxidation sites excluding steroid dienone is 2. The highest BCUT2D eigenvalue weighted by Gasteiger charge is 2.02. The molecule has 0 atom stereocenters. The molecule has 2 heteroatoms. The van der Waals surface area contributed by atoms with Crippen LogP contribution in [0, 0.1) is 0 Å². The van der Waals surface area contributed by atoms with Gasteiger partial charge in [0.15, 0.2) is 0 Å². The second-order valence-corrected chi connectivity index (χ2v) is 9.03. The van der Waals surface area contributed by atoms with E-state index in [9.17, 15) is 4.79 Å². The van der Waals surface area contributed by atoms with Gasteiger partial charge in [-0.1, -0.05) is 122 Å². The van der Waals surface area contributed by atoms with Crippen molar-refractivity contribution in [2.24, 2.45) is 0 Å². The van der Waals surface area contributed by atoms with Gasteiger partial charge in [-0.15, -0.1) is 0 Å². The number of ether oxygens (including phenoxy) is 1. The van der Waals surface area contributed by atoms with Crippen molar-refractivity contribution >= 4 is 5.97 Å². The monoisotopic (exact) mass is 422 g/mol. The van der Waals surface area contributed by atoms with Gasteiger partial charge in [-0.3, -0.25) is 4.79 Å². The summed E-state index contributed by atoms with van der Waals surface area (Å²) >= 11 is 0. The van der Waals surface area contributed by atoms with Gasteiger partial charge in [-0.2, -0.15) is 0 Å². The molecule has 0 saturated carbocycles. The van der Waals surface area contributed by atoms with E-state index >= 15 is 0 Å². The summed E-state index contributed by atoms with van der Waals surface area (Å²) in [4.78, 5) is 11.7. The van der Waals surface area contributed by atoms with Crippen LogP contribution in [0.15, 0.2) is 12.2 Å². The standard InChI is InChI=1S/C28H54O2/c1-3-5-7-9-11-12-13-14-15-16-17-18-19-21-23-25-27-30-28(29)26-24-22-20-10-8-6-4-2/h14-15H,3-13,16-27H2,1-2H3/b15-14-. The Labute approximate surface area is 189 Å². The van der Waals surface area contributed by atoms with E-state index in [1.54, 1.807) is 0 Å². The minimum Gasteiger partial charge on any atom is -0.466 e. The summed E-state index contributed by atoms with van der Waals surface area (Å²) < 4.78 is 5.36. The molecule has 0 aliphatic rings. The SMILES string of the molecule is CCCCCCCC/C=C\CCCCCCCCOC(=O)CCCCCCCCC. The molecular formula is C28H54O2. The molecule has 0 fully saturated rings. The van der Waals surface area contributed by atoms with Crippen molar-refractivity contribution in [2.75, 3.05) is 6.61 Å². The van der Waals surface area contributed by atoms with Crippen LogP contribution in [0.4, 0.5) is 0 Å². The molecule has 0 spiro atoms. The van der Waals surface area contributed by atoms with Gasteiger partial charge >= 0.3 is 5.97 Å². The third-order valence-corrected chi connectivity index (χ3v) is 5.90. The lowest BCUT2D eigenvalue weighted by Gasteiger charge is -2.05. The summed E-state index contributed by atoms with van der Waals surface area (Å²) in [6.45, 7) is 5.14. The summed E-state index contributed by atoms with van der Waals surface area (Å²) in [5.74, 6) is 0.0105. The van der Waals surface area contributed by atoms with Gasteiger partial charge in [-0.25, -0.2) is 0 Å². The van der Waals surface area contributed by atoms with Crippen molar-refractivity contribution in [2.45, 2.75) is 155 Å². The molecule has 2 nitrogen and oxygen atoms in total. The average Bonchev–Trinajstić information content (AvgIpc) is 2.75. The first-order chi connectivity index (χ1) is 14.8. The fourth-order valence-corrected chi connectivity index (χ4v) is 3.83. The maximum atomic E-state index is 11.7. The van der Waals surface area contributed by atoms with Crippen LogP contribution in [0.5, 0.6) is 0 Å². The van der Waals surface area contributed by atoms with Crippen LogP contribution >= 0.6 is 0 Å². The van der Waals surface area contributed by atoms with Crippen LogP contribution in [-0.2, 0) is 9.53 Å². The second kappa shape index (κ2) is 26.2. The Bertz CT molecular complexity index is 362. The van der Waals surface area contributed by atoms with Crippen molar-refractivity contribution in [1.82, 2.24) is 0 Å². The Morgan fingerprint density at radius 2 is 0.933 bits per heavy atom. The molecule has 178 valence electrons.